The van der Waals surface area contributed by atoms with E-state index in [1.54, 1.807) is 0 Å². The molecule has 4 N–H and O–H groups in total. The molecule has 200 valence electrons. The van der Waals surface area contributed by atoms with Crippen LogP contribution in [0, 0.1) is 6.92 Å². The molecule has 2 heterocycles. The smallest absolute Gasteiger partial charge is 0.416 e. The predicted octanol–water partition coefficient (Wildman–Crippen LogP) is 3.70. The van der Waals surface area contributed by atoms with Gasteiger partial charge in [0.05, 0.1) is 21.2 Å². The van der Waals surface area contributed by atoms with Crippen LogP contribution in [0.5, 0.6) is 0 Å². The van der Waals surface area contributed by atoms with Crippen molar-refractivity contribution in [3.8, 4) is 0 Å². The van der Waals surface area contributed by atoms with Gasteiger partial charge in [-0.2, -0.15) is 13.2 Å². The van der Waals surface area contributed by atoms with Crippen LogP contribution < -0.4 is 15.4 Å². The highest BCUT2D eigenvalue weighted by molar-refractivity contribution is 7.92. The van der Waals surface area contributed by atoms with Gasteiger partial charge < -0.3 is 15.7 Å². The molecule has 0 saturated heterocycles. The van der Waals surface area contributed by atoms with E-state index >= 15 is 0 Å². The molecule has 0 spiro atoms. The van der Waals surface area contributed by atoms with Crippen LogP contribution in [0.2, 0.25) is 5.02 Å². The Balaban J connectivity index is 1.93. The van der Waals surface area contributed by atoms with Gasteiger partial charge in [0.1, 0.15) is 18.1 Å². The van der Waals surface area contributed by atoms with E-state index in [1.807, 2.05) is 5.32 Å². The number of ketones is 1. The standard InChI is InChI=1S/C22H17ClF3N5O6S/c1-11-2-3-14(8-15(11)22(24,25)26)38(36,37)31-16-7-13(23)9-28-19(16)20(33)12-4-5-27-17(6-12)30-18(32)10-29-21(34)35/h2-9,29,31H,10H2,1H3,(H,34,35)(H,27,30,32). The van der Waals surface area contributed by atoms with Gasteiger partial charge in [-0.3, -0.25) is 14.3 Å². The molecule has 0 fully saturated rings. The summed E-state index contributed by atoms with van der Waals surface area (Å²) in [6.45, 7) is 0.591. The Morgan fingerprint density at radius 3 is 2.45 bits per heavy atom. The summed E-state index contributed by atoms with van der Waals surface area (Å²) < 4.78 is 67.8. The lowest BCUT2D eigenvalue weighted by molar-refractivity contribution is -0.138. The molecule has 0 aliphatic heterocycles. The molecule has 0 bridgehead atoms. The fraction of sp³-hybridized carbons (Fsp3) is 0.136. The van der Waals surface area contributed by atoms with Crippen molar-refractivity contribution in [3.05, 3.63) is 76.2 Å². The first-order valence-electron chi connectivity index (χ1n) is 10.3. The number of sulfonamides is 1. The van der Waals surface area contributed by atoms with E-state index in [9.17, 15) is 36.0 Å². The van der Waals surface area contributed by atoms with Crippen LogP contribution in [0.15, 0.2) is 53.7 Å². The number of aromatic nitrogens is 2. The molecule has 1 aromatic carbocycles. The lowest BCUT2D eigenvalue weighted by atomic mass is 10.1. The Morgan fingerprint density at radius 1 is 1.08 bits per heavy atom. The lowest BCUT2D eigenvalue weighted by Crippen LogP contribution is -2.31. The molecule has 0 radical (unpaired) electrons. The first-order chi connectivity index (χ1) is 17.7. The first-order valence-corrected chi connectivity index (χ1v) is 12.2. The van der Waals surface area contributed by atoms with E-state index in [0.29, 0.717) is 6.07 Å². The highest BCUT2D eigenvalue weighted by Crippen LogP contribution is 2.34. The van der Waals surface area contributed by atoms with Crippen LogP contribution in [0.25, 0.3) is 0 Å². The van der Waals surface area contributed by atoms with Gasteiger partial charge in [0.15, 0.2) is 0 Å². The van der Waals surface area contributed by atoms with Gasteiger partial charge in [0.2, 0.25) is 11.7 Å². The summed E-state index contributed by atoms with van der Waals surface area (Å²) in [5, 5.41) is 12.6. The molecule has 0 aliphatic carbocycles. The molecule has 0 saturated carbocycles. The van der Waals surface area contributed by atoms with Crippen LogP contribution in [-0.4, -0.2) is 47.8 Å². The quantitative estimate of drug-likeness (QED) is 0.297. The second kappa shape index (κ2) is 11.0. The van der Waals surface area contributed by atoms with Crippen LogP contribution in [0.4, 0.5) is 29.5 Å². The van der Waals surface area contributed by atoms with Crippen molar-refractivity contribution in [1.29, 1.82) is 0 Å². The lowest BCUT2D eigenvalue weighted by Gasteiger charge is -2.15. The highest BCUT2D eigenvalue weighted by Gasteiger charge is 2.34. The summed E-state index contributed by atoms with van der Waals surface area (Å²) in [7, 11) is -4.63. The SMILES string of the molecule is Cc1ccc(S(=O)(=O)Nc2cc(Cl)cnc2C(=O)c2ccnc(NC(=O)CNC(=O)O)c2)cc1C(F)(F)F. The van der Waals surface area contributed by atoms with E-state index in [2.05, 4.69) is 20.0 Å². The van der Waals surface area contributed by atoms with E-state index < -0.39 is 62.4 Å². The zero-order chi connectivity index (χ0) is 28.3. The van der Waals surface area contributed by atoms with Crippen LogP contribution in [-0.2, 0) is 21.0 Å². The number of carbonyl (C=O) groups is 3. The molecular formula is C22H17ClF3N5O6S. The average Bonchev–Trinajstić information content (AvgIpc) is 2.82. The third-order valence-electron chi connectivity index (χ3n) is 4.83. The number of nitrogens with zero attached hydrogens (tertiary/aromatic N) is 2. The zero-order valence-corrected chi connectivity index (χ0v) is 20.7. The number of hydrogen-bond acceptors (Lipinski definition) is 7. The number of carbonyl (C=O) groups excluding carboxylic acids is 2. The molecule has 16 heteroatoms. The van der Waals surface area contributed by atoms with Gasteiger partial charge in [0.25, 0.3) is 10.0 Å². The number of pyridine rings is 2. The molecule has 2 aromatic heterocycles. The van der Waals surface area contributed by atoms with Gasteiger partial charge in [0, 0.05) is 18.0 Å². The Kier molecular flexibility index (Phi) is 8.22. The van der Waals surface area contributed by atoms with Gasteiger partial charge in [-0.25, -0.2) is 23.2 Å². The number of anilines is 2. The second-order valence-electron chi connectivity index (χ2n) is 7.60. The maximum absolute atomic E-state index is 13.3. The average molecular weight is 572 g/mol. The molecule has 3 aromatic rings. The Bertz CT molecular complexity index is 1530. The first kappa shape index (κ1) is 28.3. The molecule has 0 atom stereocenters. The highest BCUT2D eigenvalue weighted by atomic mass is 35.5. The molecule has 38 heavy (non-hydrogen) atoms. The second-order valence-corrected chi connectivity index (χ2v) is 9.71. The number of halogens is 4. The normalized spacial score (nSPS) is 11.5. The monoisotopic (exact) mass is 571 g/mol. The predicted molar refractivity (Wildman–Crippen MR) is 129 cm³/mol. The maximum Gasteiger partial charge on any atom is 0.416 e. The summed E-state index contributed by atoms with van der Waals surface area (Å²) >= 11 is 5.92. The Morgan fingerprint density at radius 2 is 1.79 bits per heavy atom. The number of alkyl halides is 3. The van der Waals surface area contributed by atoms with Crippen molar-refractivity contribution in [2.24, 2.45) is 0 Å². The summed E-state index contributed by atoms with van der Waals surface area (Å²) in [5.74, 6) is -1.75. The minimum Gasteiger partial charge on any atom is -0.465 e. The van der Waals surface area contributed by atoms with Crippen LogP contribution in [0.1, 0.15) is 27.2 Å². The summed E-state index contributed by atoms with van der Waals surface area (Å²) in [6.07, 6.45) is -4.02. The summed E-state index contributed by atoms with van der Waals surface area (Å²) in [4.78, 5) is 42.5. The topological polar surface area (TPSA) is 167 Å². The van der Waals surface area contributed by atoms with Gasteiger partial charge >= 0.3 is 12.3 Å². The van der Waals surface area contributed by atoms with Gasteiger partial charge in [-0.05, 0) is 42.8 Å². The summed E-state index contributed by atoms with van der Waals surface area (Å²) in [5.41, 5.74) is -2.30. The fourth-order valence-corrected chi connectivity index (χ4v) is 4.34. The van der Waals surface area contributed by atoms with Crippen molar-refractivity contribution in [2.45, 2.75) is 18.0 Å². The number of carboxylic acid groups (broad SMARTS) is 1. The van der Waals surface area contributed by atoms with E-state index in [4.69, 9.17) is 16.7 Å². The number of amides is 2. The number of rotatable bonds is 8. The zero-order valence-electron chi connectivity index (χ0n) is 19.1. The largest absolute Gasteiger partial charge is 0.465 e. The number of aryl methyl sites for hydroxylation is 1. The minimum absolute atomic E-state index is 0.0762. The number of benzene rings is 1. The fourth-order valence-electron chi connectivity index (χ4n) is 3.10. The van der Waals surface area contributed by atoms with Crippen LogP contribution >= 0.6 is 11.6 Å². The molecule has 3 rings (SSSR count). The van der Waals surface area contributed by atoms with E-state index in [-0.39, 0.29) is 22.0 Å². The molecular weight excluding hydrogens is 555 g/mol. The van der Waals surface area contributed by atoms with Crippen molar-refractivity contribution in [2.75, 3.05) is 16.6 Å². The number of hydrogen-bond donors (Lipinski definition) is 4. The third kappa shape index (κ3) is 6.95. The number of nitrogens with one attached hydrogen (secondary N) is 3. The van der Waals surface area contributed by atoms with Gasteiger partial charge in [-0.15, -0.1) is 0 Å². The molecule has 0 unspecified atom stereocenters. The molecule has 11 nitrogen and oxygen atoms in total. The molecule has 2 amide bonds. The third-order valence-corrected chi connectivity index (χ3v) is 6.40. The Labute approximate surface area is 218 Å². The van der Waals surface area contributed by atoms with Crippen molar-refractivity contribution in [1.82, 2.24) is 15.3 Å². The van der Waals surface area contributed by atoms with Crippen LogP contribution in [0.3, 0.4) is 0 Å². The van der Waals surface area contributed by atoms with E-state index in [0.717, 1.165) is 36.7 Å². The van der Waals surface area contributed by atoms with E-state index in [1.165, 1.54) is 13.0 Å². The maximum atomic E-state index is 13.3. The van der Waals surface area contributed by atoms with Gasteiger partial charge in [-0.1, -0.05) is 17.7 Å². The summed E-state index contributed by atoms with van der Waals surface area (Å²) in [6, 6.07) is 5.86. The van der Waals surface area contributed by atoms with Crippen molar-refractivity contribution >= 4 is 50.9 Å². The van der Waals surface area contributed by atoms with Crippen molar-refractivity contribution in [3.63, 3.8) is 0 Å². The molecule has 0 aliphatic rings. The van der Waals surface area contributed by atoms with Crippen molar-refractivity contribution < 1.29 is 41.1 Å². The minimum atomic E-state index is -4.80. The Hall–Kier alpha value is -4.24.